The summed E-state index contributed by atoms with van der Waals surface area (Å²) in [5, 5.41) is 32.5. The summed E-state index contributed by atoms with van der Waals surface area (Å²) in [6, 6.07) is 7.27. The molecule has 5 atom stereocenters. The van der Waals surface area contributed by atoms with Gasteiger partial charge in [-0.2, -0.15) is 0 Å². The Labute approximate surface area is 318 Å². The van der Waals surface area contributed by atoms with E-state index in [2.05, 4.69) is 13.8 Å². The lowest BCUT2D eigenvalue weighted by Crippen LogP contribution is -2.70. The van der Waals surface area contributed by atoms with Crippen LogP contribution in [-0.4, -0.2) is 100 Å². The molecule has 1 fully saturated rings. The van der Waals surface area contributed by atoms with Crippen LogP contribution in [0.25, 0.3) is 0 Å². The molecule has 12 nitrogen and oxygen atoms in total. The van der Waals surface area contributed by atoms with E-state index >= 15 is 0 Å². The Hall–Kier alpha value is -2.77. The molecule has 12 heteroatoms. The zero-order chi connectivity index (χ0) is 38.7. The highest BCUT2D eigenvalue weighted by Gasteiger charge is 2.53. The van der Waals surface area contributed by atoms with E-state index in [-0.39, 0.29) is 19.8 Å². The van der Waals surface area contributed by atoms with E-state index in [4.69, 9.17) is 19.9 Å². The SMILES string of the molecule is CCCCCCCCCCCCOC(=O)N(CCCCCCCCCCCC)[C@@H]1O[C@H](CO)[C@@H](O)[C@H](O)[C@H]1N(C(=O)CN)C(=O)OCc1ccccc1. The van der Waals surface area contributed by atoms with Gasteiger partial charge in [-0.05, 0) is 18.4 Å². The zero-order valence-corrected chi connectivity index (χ0v) is 32.7. The van der Waals surface area contributed by atoms with Gasteiger partial charge in [-0.3, -0.25) is 9.69 Å². The molecule has 304 valence electrons. The molecule has 1 aromatic rings. The molecule has 0 radical (unpaired) electrons. The van der Waals surface area contributed by atoms with Crippen LogP contribution in [0.15, 0.2) is 30.3 Å². The Morgan fingerprint density at radius 1 is 0.698 bits per heavy atom. The van der Waals surface area contributed by atoms with Gasteiger partial charge in [0.2, 0.25) is 5.91 Å². The number of nitrogens with zero attached hydrogens (tertiary/aromatic N) is 2. The van der Waals surface area contributed by atoms with Crippen LogP contribution < -0.4 is 5.73 Å². The number of aliphatic hydroxyl groups excluding tert-OH is 3. The van der Waals surface area contributed by atoms with Crippen molar-refractivity contribution in [2.24, 2.45) is 5.73 Å². The van der Waals surface area contributed by atoms with Crippen LogP contribution in [0.5, 0.6) is 0 Å². The summed E-state index contributed by atoms with van der Waals surface area (Å²) in [4.78, 5) is 42.6. The minimum Gasteiger partial charge on any atom is -0.449 e. The van der Waals surface area contributed by atoms with E-state index < -0.39 is 61.8 Å². The molecule has 1 aliphatic rings. The van der Waals surface area contributed by atoms with Crippen molar-refractivity contribution < 1.29 is 43.9 Å². The number of carbonyl (C=O) groups is 3. The average molecular weight is 750 g/mol. The zero-order valence-electron chi connectivity index (χ0n) is 32.7. The summed E-state index contributed by atoms with van der Waals surface area (Å²) in [6.07, 6.45) is 13.9. The predicted molar refractivity (Wildman–Crippen MR) is 206 cm³/mol. The van der Waals surface area contributed by atoms with Crippen LogP contribution in [0.4, 0.5) is 9.59 Å². The van der Waals surface area contributed by atoms with Crippen LogP contribution in [0.3, 0.4) is 0 Å². The molecular weight excluding hydrogens is 678 g/mol. The van der Waals surface area contributed by atoms with Crippen LogP contribution in [0, 0.1) is 0 Å². The first-order valence-electron chi connectivity index (χ1n) is 20.6. The van der Waals surface area contributed by atoms with Crippen molar-refractivity contribution >= 4 is 18.1 Å². The fourth-order valence-corrected chi connectivity index (χ4v) is 6.82. The molecule has 0 spiro atoms. The third-order valence-electron chi connectivity index (χ3n) is 10.0. The van der Waals surface area contributed by atoms with Crippen molar-refractivity contribution in [2.75, 3.05) is 26.3 Å². The van der Waals surface area contributed by atoms with E-state index in [0.717, 1.165) is 44.9 Å². The van der Waals surface area contributed by atoms with E-state index in [1.54, 1.807) is 24.3 Å². The van der Waals surface area contributed by atoms with Crippen LogP contribution >= 0.6 is 0 Å². The molecule has 53 heavy (non-hydrogen) atoms. The van der Waals surface area contributed by atoms with Crippen molar-refractivity contribution in [2.45, 2.75) is 179 Å². The summed E-state index contributed by atoms with van der Waals surface area (Å²) < 4.78 is 17.3. The van der Waals surface area contributed by atoms with Gasteiger partial charge in [-0.25, -0.2) is 14.5 Å². The molecule has 5 N–H and O–H groups in total. The molecule has 0 aliphatic carbocycles. The van der Waals surface area contributed by atoms with E-state index in [1.807, 2.05) is 6.07 Å². The molecule has 1 aliphatic heterocycles. The molecule has 1 heterocycles. The third-order valence-corrected chi connectivity index (χ3v) is 10.0. The first kappa shape index (κ1) is 46.4. The summed E-state index contributed by atoms with van der Waals surface area (Å²) in [6.45, 7) is 3.26. The Bertz CT molecular complexity index is 1110. The predicted octanol–water partition coefficient (Wildman–Crippen LogP) is 7.20. The quantitative estimate of drug-likeness (QED) is 0.0642. The monoisotopic (exact) mass is 750 g/mol. The van der Waals surface area contributed by atoms with Gasteiger partial charge < -0.3 is 35.3 Å². The molecule has 0 saturated carbocycles. The Kier molecular flexibility index (Phi) is 25.1. The molecule has 3 amide bonds. The van der Waals surface area contributed by atoms with Gasteiger partial charge in [0, 0.05) is 6.54 Å². The first-order chi connectivity index (χ1) is 25.8. The smallest absolute Gasteiger partial charge is 0.417 e. The maximum absolute atomic E-state index is 13.8. The third kappa shape index (κ3) is 17.5. The largest absolute Gasteiger partial charge is 0.449 e. The molecule has 1 aromatic carbocycles. The molecule has 1 saturated heterocycles. The van der Waals surface area contributed by atoms with E-state index in [0.29, 0.717) is 23.3 Å². The number of benzene rings is 1. The second-order valence-corrected chi connectivity index (χ2v) is 14.4. The van der Waals surface area contributed by atoms with Crippen LogP contribution in [0.2, 0.25) is 0 Å². The summed E-state index contributed by atoms with van der Waals surface area (Å²) in [5.41, 5.74) is 6.40. The van der Waals surface area contributed by atoms with Crippen LogP contribution in [-0.2, 0) is 25.6 Å². The van der Waals surface area contributed by atoms with Crippen LogP contribution in [0.1, 0.15) is 148 Å². The van der Waals surface area contributed by atoms with Gasteiger partial charge in [0.15, 0.2) is 6.23 Å². The minimum absolute atomic E-state index is 0.138. The number of unbranched alkanes of at least 4 members (excludes halogenated alkanes) is 18. The number of amides is 3. The molecule has 0 unspecified atom stereocenters. The normalized spacial score (nSPS) is 19.8. The lowest BCUT2D eigenvalue weighted by atomic mass is 9.94. The minimum atomic E-state index is -1.80. The van der Waals surface area contributed by atoms with Crippen molar-refractivity contribution in [1.29, 1.82) is 0 Å². The number of aliphatic hydroxyl groups is 3. The number of imide groups is 1. The van der Waals surface area contributed by atoms with Gasteiger partial charge in [0.1, 0.15) is 31.0 Å². The van der Waals surface area contributed by atoms with Crippen molar-refractivity contribution in [3.8, 4) is 0 Å². The maximum Gasteiger partial charge on any atom is 0.417 e. The van der Waals surface area contributed by atoms with E-state index in [1.165, 1.54) is 75.5 Å². The molecule has 0 bridgehead atoms. The van der Waals surface area contributed by atoms with Gasteiger partial charge in [0.25, 0.3) is 0 Å². The number of rotatable bonds is 28. The summed E-state index contributed by atoms with van der Waals surface area (Å²) in [7, 11) is 0. The van der Waals surface area contributed by atoms with Crippen molar-refractivity contribution in [1.82, 2.24) is 9.80 Å². The fourth-order valence-electron chi connectivity index (χ4n) is 6.82. The van der Waals surface area contributed by atoms with Gasteiger partial charge >= 0.3 is 12.2 Å². The number of ether oxygens (including phenoxy) is 3. The number of hydrogen-bond donors (Lipinski definition) is 4. The highest BCUT2D eigenvalue weighted by molar-refractivity contribution is 5.93. The Morgan fingerprint density at radius 2 is 1.21 bits per heavy atom. The van der Waals surface area contributed by atoms with Gasteiger partial charge in [-0.15, -0.1) is 0 Å². The lowest BCUT2D eigenvalue weighted by molar-refractivity contribution is -0.240. The van der Waals surface area contributed by atoms with Gasteiger partial charge in [-0.1, -0.05) is 160 Å². The average Bonchev–Trinajstić information content (AvgIpc) is 3.17. The Balaban J connectivity index is 2.19. The fraction of sp³-hybridized carbons (Fsp3) is 0.780. The number of nitrogens with two attached hydrogens (primary N) is 1. The maximum atomic E-state index is 13.8. The standard InChI is InChI=1S/C41H71N3O9/c1-3-5-7-9-11-13-15-17-19-24-28-43(40(49)51-29-25-20-18-16-14-12-10-8-6-4-2)39-36(38(48)37(47)34(31-45)53-39)44(35(46)30-42)41(50)52-32-33-26-22-21-23-27-33/h21-23,26-27,34,36-39,45,47-48H,3-20,24-25,28-32,42H2,1-2H3/t34-,36-,37-,38-,39-/m1/s1. The second kappa shape index (κ2) is 28.6. The molecule has 2 rings (SSSR count). The van der Waals surface area contributed by atoms with Crippen molar-refractivity contribution in [3.05, 3.63) is 35.9 Å². The van der Waals surface area contributed by atoms with Crippen molar-refractivity contribution in [3.63, 3.8) is 0 Å². The Morgan fingerprint density at radius 3 is 1.72 bits per heavy atom. The highest BCUT2D eigenvalue weighted by atomic mass is 16.6. The topological polar surface area (TPSA) is 172 Å². The molecule has 0 aromatic heterocycles. The first-order valence-corrected chi connectivity index (χ1v) is 20.6. The number of hydrogen-bond acceptors (Lipinski definition) is 10. The second-order valence-electron chi connectivity index (χ2n) is 14.4. The highest BCUT2D eigenvalue weighted by Crippen LogP contribution is 2.30. The molecular formula is C41H71N3O9. The summed E-state index contributed by atoms with van der Waals surface area (Å²) >= 11 is 0. The lowest BCUT2D eigenvalue weighted by Gasteiger charge is -2.48. The number of carbonyl (C=O) groups excluding carboxylic acids is 3. The van der Waals surface area contributed by atoms with E-state index in [9.17, 15) is 29.7 Å². The summed E-state index contributed by atoms with van der Waals surface area (Å²) in [5.74, 6) is -0.895. The van der Waals surface area contributed by atoms with Gasteiger partial charge in [0.05, 0.1) is 19.8 Å².